The van der Waals surface area contributed by atoms with Crippen LogP contribution in [0.5, 0.6) is 0 Å². The van der Waals surface area contributed by atoms with Crippen LogP contribution in [-0.4, -0.2) is 9.97 Å². The molecule has 0 radical (unpaired) electrons. The number of rotatable bonds is 0. The van der Waals surface area contributed by atoms with Crippen LogP contribution in [0.25, 0.3) is 0 Å². The van der Waals surface area contributed by atoms with Crippen molar-refractivity contribution in [2.24, 2.45) is 0 Å². The summed E-state index contributed by atoms with van der Waals surface area (Å²) in [4.78, 5) is 7.32. The van der Waals surface area contributed by atoms with Gasteiger partial charge in [-0.3, -0.25) is 0 Å². The SMILES string of the molecule is [Cl-].[Cl-].[Cl-].[Nb+5].[c-]1ccccn1.[c-]1ccccn1. The van der Waals surface area contributed by atoms with Crippen molar-refractivity contribution in [1.29, 1.82) is 0 Å². The van der Waals surface area contributed by atoms with Gasteiger partial charge in [0.05, 0.1) is 0 Å². The zero-order valence-corrected chi connectivity index (χ0v) is 12.6. The molecule has 0 bridgehead atoms. The van der Waals surface area contributed by atoms with E-state index in [0.717, 1.165) is 0 Å². The Morgan fingerprint density at radius 2 is 1.00 bits per heavy atom. The Balaban J connectivity index is -0.0000000720. The van der Waals surface area contributed by atoms with Crippen molar-refractivity contribution >= 4 is 0 Å². The molecule has 0 unspecified atom stereocenters. The molecule has 2 aromatic heterocycles. The smallest absolute Gasteiger partial charge is 1.00 e. The molecule has 2 heterocycles. The van der Waals surface area contributed by atoms with E-state index in [-0.39, 0.29) is 59.6 Å². The van der Waals surface area contributed by atoms with Gasteiger partial charge in [0.1, 0.15) is 0 Å². The average Bonchev–Trinajstić information content (AvgIpc) is 2.24. The quantitative estimate of drug-likeness (QED) is 0.347. The Hall–Kier alpha value is -0.0897. The Morgan fingerprint density at radius 3 is 1.06 bits per heavy atom. The molecular weight excluding hydrogens is 347 g/mol. The van der Waals surface area contributed by atoms with Crippen LogP contribution in [0, 0.1) is 12.4 Å². The first-order valence-electron chi connectivity index (χ1n) is 3.54. The molecule has 2 aromatic rings. The minimum Gasteiger partial charge on any atom is -1.00 e. The van der Waals surface area contributed by atoms with Crippen molar-refractivity contribution in [1.82, 2.24) is 9.97 Å². The van der Waals surface area contributed by atoms with Gasteiger partial charge in [-0.25, -0.2) is 0 Å². The fourth-order valence-electron chi connectivity index (χ4n) is 0.555. The molecule has 0 saturated heterocycles. The maximum absolute atomic E-state index is 3.66. The van der Waals surface area contributed by atoms with Crippen LogP contribution in [0.1, 0.15) is 0 Å². The molecule has 0 aliphatic rings. The van der Waals surface area contributed by atoms with E-state index in [1.165, 1.54) is 0 Å². The zero-order chi connectivity index (χ0) is 8.49. The van der Waals surface area contributed by atoms with Crippen molar-refractivity contribution in [2.75, 3.05) is 0 Å². The predicted octanol–water partition coefficient (Wildman–Crippen LogP) is -7.23. The monoisotopic (exact) mass is 354 g/mol. The number of hydrogen-bond acceptors (Lipinski definition) is 2. The molecule has 0 aliphatic carbocycles. The van der Waals surface area contributed by atoms with Crippen LogP contribution < -0.4 is 37.2 Å². The second-order valence-corrected chi connectivity index (χ2v) is 1.92. The van der Waals surface area contributed by atoms with E-state index in [2.05, 4.69) is 22.4 Å². The van der Waals surface area contributed by atoms with Crippen LogP contribution in [0.15, 0.2) is 48.8 Å². The van der Waals surface area contributed by atoms with Crippen LogP contribution in [0.2, 0.25) is 0 Å². The third-order valence-corrected chi connectivity index (χ3v) is 1.03. The summed E-state index contributed by atoms with van der Waals surface area (Å²) in [5.74, 6) is 0. The summed E-state index contributed by atoms with van der Waals surface area (Å²) >= 11 is 0. The minimum atomic E-state index is 0. The molecule has 6 heteroatoms. The third-order valence-electron chi connectivity index (χ3n) is 1.03. The van der Waals surface area contributed by atoms with Crippen molar-refractivity contribution < 1.29 is 59.6 Å². The summed E-state index contributed by atoms with van der Waals surface area (Å²) in [6.45, 7) is 0. The van der Waals surface area contributed by atoms with Gasteiger partial charge in [-0.15, -0.1) is 0 Å². The summed E-state index contributed by atoms with van der Waals surface area (Å²) in [5, 5.41) is 0. The Bertz CT molecular complexity index is 199. The first-order valence-corrected chi connectivity index (χ1v) is 3.54. The van der Waals surface area contributed by atoms with Gasteiger partial charge in [0, 0.05) is 0 Å². The fourth-order valence-corrected chi connectivity index (χ4v) is 0.555. The molecule has 0 N–H and O–H groups in total. The van der Waals surface area contributed by atoms with Gasteiger partial charge >= 0.3 is 22.4 Å². The first kappa shape index (κ1) is 24.9. The topological polar surface area (TPSA) is 25.8 Å². The third kappa shape index (κ3) is 16.3. The summed E-state index contributed by atoms with van der Waals surface area (Å²) < 4.78 is 0. The summed E-state index contributed by atoms with van der Waals surface area (Å²) in [5.41, 5.74) is 0. The second-order valence-electron chi connectivity index (χ2n) is 1.92. The molecule has 0 aliphatic heterocycles. The summed E-state index contributed by atoms with van der Waals surface area (Å²) in [6, 6.07) is 11.0. The molecular formula is C10H8Cl3N2Nb. The van der Waals surface area contributed by atoms with Gasteiger partial charge in [0.25, 0.3) is 0 Å². The van der Waals surface area contributed by atoms with E-state index in [1.54, 1.807) is 24.5 Å². The predicted molar refractivity (Wildman–Crippen MR) is 46.1 cm³/mol. The van der Waals surface area contributed by atoms with Crippen molar-refractivity contribution in [3.8, 4) is 0 Å². The van der Waals surface area contributed by atoms with Gasteiger partial charge in [-0.05, 0) is 0 Å². The maximum atomic E-state index is 3.66. The number of halogens is 3. The maximum Gasteiger partial charge on any atom is 5.00 e. The van der Waals surface area contributed by atoms with E-state index in [9.17, 15) is 0 Å². The molecule has 0 atom stereocenters. The molecule has 2 rings (SSSR count). The minimum absolute atomic E-state index is 0. The summed E-state index contributed by atoms with van der Waals surface area (Å²) in [7, 11) is 0. The molecule has 0 aromatic carbocycles. The van der Waals surface area contributed by atoms with E-state index >= 15 is 0 Å². The van der Waals surface area contributed by atoms with E-state index < -0.39 is 0 Å². The van der Waals surface area contributed by atoms with E-state index in [0.29, 0.717) is 0 Å². The molecule has 2 nitrogen and oxygen atoms in total. The second kappa shape index (κ2) is 20.3. The van der Waals surface area contributed by atoms with E-state index in [1.807, 2.05) is 24.3 Å². The number of aromatic nitrogens is 2. The molecule has 16 heavy (non-hydrogen) atoms. The van der Waals surface area contributed by atoms with Crippen LogP contribution in [-0.2, 0) is 22.4 Å². The van der Waals surface area contributed by atoms with Crippen LogP contribution in [0.4, 0.5) is 0 Å². The zero-order valence-electron chi connectivity index (χ0n) is 8.09. The molecule has 0 amide bonds. The first-order chi connectivity index (χ1) is 6.00. The fraction of sp³-hybridized carbons (Fsp3) is 0. The standard InChI is InChI=1S/2C5H4N.3ClH.Nb/c2*1-2-4-6-5-3-1;;;;/h2*1-4H;3*1H;/q2*-1;;;;+5/p-3. The van der Waals surface area contributed by atoms with E-state index in [4.69, 9.17) is 0 Å². The largest absolute Gasteiger partial charge is 5.00 e. The normalized spacial score (nSPS) is 6.00. The number of pyridine rings is 2. The Labute approximate surface area is 130 Å². The van der Waals surface area contributed by atoms with Gasteiger partial charge in [0.15, 0.2) is 0 Å². The van der Waals surface area contributed by atoms with Crippen molar-refractivity contribution in [2.45, 2.75) is 0 Å². The van der Waals surface area contributed by atoms with Gasteiger partial charge in [-0.1, -0.05) is 24.8 Å². The van der Waals surface area contributed by atoms with Gasteiger partial charge in [-0.2, -0.15) is 36.4 Å². The van der Waals surface area contributed by atoms with Gasteiger partial charge < -0.3 is 47.2 Å². The van der Waals surface area contributed by atoms with Crippen LogP contribution in [0.3, 0.4) is 0 Å². The Kier molecular flexibility index (Phi) is 31.7. The Morgan fingerprint density at radius 1 is 0.625 bits per heavy atom. The van der Waals surface area contributed by atoms with Crippen LogP contribution >= 0.6 is 0 Å². The summed E-state index contributed by atoms with van der Waals surface area (Å²) in [6.07, 6.45) is 8.67. The van der Waals surface area contributed by atoms with Crippen molar-refractivity contribution in [3.05, 3.63) is 61.2 Å². The molecule has 84 valence electrons. The molecule has 0 fully saturated rings. The van der Waals surface area contributed by atoms with Gasteiger partial charge in [0.2, 0.25) is 0 Å². The van der Waals surface area contributed by atoms with Crippen molar-refractivity contribution in [3.63, 3.8) is 0 Å². The number of nitrogens with zero attached hydrogens (tertiary/aromatic N) is 2. The number of hydrogen-bond donors (Lipinski definition) is 0. The molecule has 0 saturated carbocycles. The molecule has 0 spiro atoms. The average molecular weight is 355 g/mol.